The van der Waals surface area contributed by atoms with Crippen molar-refractivity contribution in [1.82, 2.24) is 5.32 Å². The Labute approximate surface area is 118 Å². The molecule has 0 unspecified atom stereocenters. The fraction of sp³-hybridized carbons (Fsp3) is 0.647. The lowest BCUT2D eigenvalue weighted by atomic mass is 9.82. The van der Waals surface area contributed by atoms with Crippen molar-refractivity contribution in [2.24, 2.45) is 5.41 Å². The lowest BCUT2D eigenvalue weighted by Gasteiger charge is -2.39. The van der Waals surface area contributed by atoms with E-state index in [1.165, 1.54) is 43.6 Å². The van der Waals surface area contributed by atoms with Crippen molar-refractivity contribution in [2.75, 3.05) is 24.5 Å². The minimum atomic E-state index is 0.520. The molecule has 0 atom stereocenters. The number of rotatable bonds is 5. The molecule has 1 aromatic rings. The molecule has 1 heterocycles. The second-order valence-corrected chi connectivity index (χ2v) is 6.46. The Balaban J connectivity index is 2.03. The van der Waals surface area contributed by atoms with Crippen LogP contribution in [0.3, 0.4) is 0 Å². The smallest absolute Gasteiger partial charge is 0.0411 e. The number of hydrogen-bond acceptors (Lipinski definition) is 2. The summed E-state index contributed by atoms with van der Waals surface area (Å²) in [6, 6.07) is 8.86. The SMILES string of the molecule is CCCNCc1ccccc1N1CCC(C)(C)CC1. The fourth-order valence-electron chi connectivity index (χ4n) is 2.72. The van der Waals surface area contributed by atoms with E-state index in [1.807, 2.05) is 0 Å². The first-order chi connectivity index (χ1) is 9.12. The molecule has 0 aliphatic carbocycles. The third-order valence-electron chi connectivity index (χ3n) is 4.19. The van der Waals surface area contributed by atoms with E-state index in [2.05, 4.69) is 55.3 Å². The van der Waals surface area contributed by atoms with Crippen molar-refractivity contribution < 1.29 is 0 Å². The molecule has 0 aromatic heterocycles. The normalized spacial score (nSPS) is 18.6. The van der Waals surface area contributed by atoms with Crippen LogP contribution in [0.5, 0.6) is 0 Å². The minimum Gasteiger partial charge on any atom is -0.371 e. The molecule has 0 spiro atoms. The van der Waals surface area contributed by atoms with Gasteiger partial charge in [-0.1, -0.05) is 39.0 Å². The Hall–Kier alpha value is -1.02. The van der Waals surface area contributed by atoms with Crippen LogP contribution in [0.15, 0.2) is 24.3 Å². The molecule has 0 amide bonds. The maximum Gasteiger partial charge on any atom is 0.0411 e. The van der Waals surface area contributed by atoms with E-state index in [0.29, 0.717) is 5.41 Å². The molecule has 1 aliphatic rings. The van der Waals surface area contributed by atoms with Gasteiger partial charge in [-0.25, -0.2) is 0 Å². The first-order valence-electron chi connectivity index (χ1n) is 7.66. The molecule has 1 aromatic carbocycles. The van der Waals surface area contributed by atoms with Gasteiger partial charge in [0, 0.05) is 25.3 Å². The van der Waals surface area contributed by atoms with E-state index in [9.17, 15) is 0 Å². The zero-order valence-corrected chi connectivity index (χ0v) is 12.7. The second kappa shape index (κ2) is 6.42. The van der Waals surface area contributed by atoms with Crippen molar-refractivity contribution in [3.05, 3.63) is 29.8 Å². The van der Waals surface area contributed by atoms with E-state index >= 15 is 0 Å². The van der Waals surface area contributed by atoms with Gasteiger partial charge in [0.05, 0.1) is 0 Å². The number of para-hydroxylation sites is 1. The summed E-state index contributed by atoms with van der Waals surface area (Å²) in [7, 11) is 0. The topological polar surface area (TPSA) is 15.3 Å². The largest absolute Gasteiger partial charge is 0.371 e. The number of piperidine rings is 1. The van der Waals surface area contributed by atoms with Crippen LogP contribution in [0.1, 0.15) is 45.6 Å². The first kappa shape index (κ1) is 14.4. The maximum atomic E-state index is 3.52. The van der Waals surface area contributed by atoms with Crippen LogP contribution >= 0.6 is 0 Å². The standard InChI is InChI=1S/C17H28N2/c1-4-11-18-14-15-7-5-6-8-16(15)19-12-9-17(2,3)10-13-19/h5-8,18H,4,9-14H2,1-3H3. The average molecular weight is 260 g/mol. The van der Waals surface area contributed by atoms with Gasteiger partial charge in [-0.2, -0.15) is 0 Å². The molecular weight excluding hydrogens is 232 g/mol. The Morgan fingerprint density at radius 1 is 1.16 bits per heavy atom. The molecule has 0 radical (unpaired) electrons. The predicted molar refractivity (Wildman–Crippen MR) is 83.7 cm³/mol. The van der Waals surface area contributed by atoms with Gasteiger partial charge in [0.2, 0.25) is 0 Å². The summed E-state index contributed by atoms with van der Waals surface area (Å²) in [4.78, 5) is 2.56. The van der Waals surface area contributed by atoms with E-state index in [0.717, 1.165) is 13.1 Å². The van der Waals surface area contributed by atoms with Crippen LogP contribution in [0, 0.1) is 5.41 Å². The van der Waals surface area contributed by atoms with Gasteiger partial charge < -0.3 is 10.2 Å². The summed E-state index contributed by atoms with van der Waals surface area (Å²) >= 11 is 0. The lowest BCUT2D eigenvalue weighted by Crippen LogP contribution is -2.38. The molecule has 0 saturated carbocycles. The Morgan fingerprint density at radius 2 is 1.84 bits per heavy atom. The number of hydrogen-bond donors (Lipinski definition) is 1. The third-order valence-corrected chi connectivity index (χ3v) is 4.19. The molecular formula is C17H28N2. The van der Waals surface area contributed by atoms with Crippen LogP contribution in [0.2, 0.25) is 0 Å². The Bertz CT molecular complexity index is 388. The zero-order valence-electron chi connectivity index (χ0n) is 12.7. The average Bonchev–Trinajstić information content (AvgIpc) is 2.40. The van der Waals surface area contributed by atoms with Gasteiger partial charge in [0.25, 0.3) is 0 Å². The lowest BCUT2D eigenvalue weighted by molar-refractivity contribution is 0.279. The molecule has 0 bridgehead atoms. The number of nitrogens with zero attached hydrogens (tertiary/aromatic N) is 1. The Kier molecular flexibility index (Phi) is 4.87. The van der Waals surface area contributed by atoms with Crippen molar-refractivity contribution >= 4 is 5.69 Å². The van der Waals surface area contributed by atoms with Gasteiger partial charge in [0.15, 0.2) is 0 Å². The second-order valence-electron chi connectivity index (χ2n) is 6.46. The molecule has 2 rings (SSSR count). The first-order valence-corrected chi connectivity index (χ1v) is 7.66. The summed E-state index contributed by atoms with van der Waals surface area (Å²) in [6.07, 6.45) is 3.79. The van der Waals surface area contributed by atoms with Crippen molar-refractivity contribution in [3.63, 3.8) is 0 Å². The molecule has 1 aliphatic heterocycles. The van der Waals surface area contributed by atoms with E-state index < -0.39 is 0 Å². The highest BCUT2D eigenvalue weighted by molar-refractivity contribution is 5.54. The molecule has 1 saturated heterocycles. The Morgan fingerprint density at radius 3 is 2.53 bits per heavy atom. The van der Waals surface area contributed by atoms with Gasteiger partial charge in [-0.15, -0.1) is 0 Å². The number of nitrogens with one attached hydrogen (secondary N) is 1. The van der Waals surface area contributed by atoms with Crippen LogP contribution in [-0.2, 0) is 6.54 Å². The summed E-state index contributed by atoms with van der Waals surface area (Å²) in [5, 5.41) is 3.52. The summed E-state index contributed by atoms with van der Waals surface area (Å²) in [6.45, 7) is 11.5. The zero-order chi connectivity index (χ0) is 13.7. The van der Waals surface area contributed by atoms with E-state index in [1.54, 1.807) is 0 Å². The van der Waals surface area contributed by atoms with Crippen molar-refractivity contribution in [1.29, 1.82) is 0 Å². The molecule has 19 heavy (non-hydrogen) atoms. The van der Waals surface area contributed by atoms with Gasteiger partial charge in [-0.05, 0) is 42.9 Å². The molecule has 1 N–H and O–H groups in total. The van der Waals surface area contributed by atoms with Crippen molar-refractivity contribution in [3.8, 4) is 0 Å². The summed E-state index contributed by atoms with van der Waals surface area (Å²) in [5.41, 5.74) is 3.39. The third kappa shape index (κ3) is 3.97. The van der Waals surface area contributed by atoms with Crippen LogP contribution in [0.4, 0.5) is 5.69 Å². The maximum absolute atomic E-state index is 3.52. The molecule has 2 nitrogen and oxygen atoms in total. The van der Waals surface area contributed by atoms with Crippen LogP contribution in [-0.4, -0.2) is 19.6 Å². The van der Waals surface area contributed by atoms with Gasteiger partial charge in [0.1, 0.15) is 0 Å². The predicted octanol–water partition coefficient (Wildman–Crippen LogP) is 3.81. The minimum absolute atomic E-state index is 0.520. The highest BCUT2D eigenvalue weighted by atomic mass is 15.1. The van der Waals surface area contributed by atoms with Gasteiger partial charge >= 0.3 is 0 Å². The highest BCUT2D eigenvalue weighted by Crippen LogP contribution is 2.33. The summed E-state index contributed by atoms with van der Waals surface area (Å²) < 4.78 is 0. The number of benzene rings is 1. The van der Waals surface area contributed by atoms with Crippen LogP contribution < -0.4 is 10.2 Å². The monoisotopic (exact) mass is 260 g/mol. The highest BCUT2D eigenvalue weighted by Gasteiger charge is 2.26. The van der Waals surface area contributed by atoms with Gasteiger partial charge in [-0.3, -0.25) is 0 Å². The summed E-state index contributed by atoms with van der Waals surface area (Å²) in [5.74, 6) is 0. The van der Waals surface area contributed by atoms with E-state index in [-0.39, 0.29) is 0 Å². The molecule has 106 valence electrons. The van der Waals surface area contributed by atoms with Crippen molar-refractivity contribution in [2.45, 2.75) is 46.6 Å². The fourth-order valence-corrected chi connectivity index (χ4v) is 2.72. The van der Waals surface area contributed by atoms with Crippen LogP contribution in [0.25, 0.3) is 0 Å². The number of anilines is 1. The van der Waals surface area contributed by atoms with E-state index in [4.69, 9.17) is 0 Å². The molecule has 2 heteroatoms. The quantitative estimate of drug-likeness (QED) is 0.810. The molecule has 1 fully saturated rings.